The number of primary amides is 1. The van der Waals surface area contributed by atoms with Crippen LogP contribution < -0.4 is 5.73 Å². The highest BCUT2D eigenvalue weighted by atomic mass is 16.5. The van der Waals surface area contributed by atoms with Crippen LogP contribution in [0.5, 0.6) is 0 Å². The maximum atomic E-state index is 11.5. The van der Waals surface area contributed by atoms with Gasteiger partial charge in [0.15, 0.2) is 0 Å². The summed E-state index contributed by atoms with van der Waals surface area (Å²) in [6.45, 7) is 1.69. The lowest BCUT2D eigenvalue weighted by Gasteiger charge is -2.38. The number of quaternary nitrogens is 1. The van der Waals surface area contributed by atoms with Gasteiger partial charge in [0, 0.05) is 12.8 Å². The summed E-state index contributed by atoms with van der Waals surface area (Å²) in [5.41, 5.74) is 4.94. The van der Waals surface area contributed by atoms with Crippen LogP contribution >= 0.6 is 0 Å². The molecule has 64 valence electrons. The molecule has 2 N–H and O–H groups in total. The maximum absolute atomic E-state index is 11.5. The van der Waals surface area contributed by atoms with Gasteiger partial charge >= 0.3 is 0 Å². The van der Waals surface area contributed by atoms with Gasteiger partial charge in [0.2, 0.25) is 5.91 Å². The highest BCUT2D eigenvalue weighted by Crippen LogP contribution is 2.17. The summed E-state index contributed by atoms with van der Waals surface area (Å²) in [6.07, 6.45) is 2.20. The molecule has 1 aliphatic rings. The predicted octanol–water partition coefficient (Wildman–Crippen LogP) is -0.0298. The highest BCUT2D eigenvalue weighted by Gasteiger charge is 2.22. The molecule has 11 heavy (non-hydrogen) atoms. The number of carbonyl (C=O) groups excluding carboxylic acids is 1. The molecule has 0 saturated carbocycles. The summed E-state index contributed by atoms with van der Waals surface area (Å²) in [5.74, 6) is -0.370. The lowest BCUT2D eigenvalue weighted by molar-refractivity contribution is -0.867. The topological polar surface area (TPSA) is 66.2 Å². The van der Waals surface area contributed by atoms with E-state index in [2.05, 4.69) is 0 Å². The molecule has 0 unspecified atom stereocenters. The number of nitrogens with zero attached hydrogens (tertiary/aromatic N) is 1. The van der Waals surface area contributed by atoms with Gasteiger partial charge in [-0.15, -0.1) is 0 Å². The van der Waals surface area contributed by atoms with Crippen LogP contribution in [0.25, 0.3) is 0 Å². The van der Waals surface area contributed by atoms with E-state index in [4.69, 9.17) is 5.73 Å². The lowest BCUT2D eigenvalue weighted by Crippen LogP contribution is -2.41. The Balaban J connectivity index is 2.28. The van der Waals surface area contributed by atoms with Crippen molar-refractivity contribution < 1.29 is 9.44 Å². The fraction of sp³-hybridized carbons (Fsp3) is 0.857. The van der Waals surface area contributed by atoms with Gasteiger partial charge in [0.25, 0.3) is 0 Å². The van der Waals surface area contributed by atoms with Crippen molar-refractivity contribution in [1.29, 1.82) is 0 Å². The quantitative estimate of drug-likeness (QED) is 0.463. The Hall–Kier alpha value is -0.610. The van der Waals surface area contributed by atoms with Crippen LogP contribution in [0.4, 0.5) is 0 Å². The van der Waals surface area contributed by atoms with Crippen molar-refractivity contribution in [3.05, 3.63) is 5.21 Å². The molecule has 1 saturated heterocycles. The molecule has 1 amide bonds. The molecule has 4 heteroatoms. The van der Waals surface area contributed by atoms with Crippen molar-refractivity contribution in [2.45, 2.75) is 19.3 Å². The first-order chi connectivity index (χ1) is 5.12. The lowest BCUT2D eigenvalue weighted by atomic mass is 10.4. The number of likely N-dealkylation sites (tertiary alicyclic amines) is 1. The third-order valence-corrected chi connectivity index (χ3v) is 2.15. The van der Waals surface area contributed by atoms with Crippen molar-refractivity contribution >= 4 is 5.91 Å². The van der Waals surface area contributed by atoms with Gasteiger partial charge in [0.05, 0.1) is 26.1 Å². The van der Waals surface area contributed by atoms with E-state index in [0.717, 1.165) is 12.8 Å². The van der Waals surface area contributed by atoms with Crippen molar-refractivity contribution in [1.82, 2.24) is 0 Å². The average molecular weight is 158 g/mol. The van der Waals surface area contributed by atoms with Crippen molar-refractivity contribution in [2.75, 3.05) is 19.6 Å². The Morgan fingerprint density at radius 1 is 1.45 bits per heavy atom. The second kappa shape index (κ2) is 3.19. The minimum Gasteiger partial charge on any atom is -0.633 e. The Labute approximate surface area is 66.1 Å². The fourth-order valence-electron chi connectivity index (χ4n) is 1.45. The van der Waals surface area contributed by atoms with Crippen LogP contribution in [0.15, 0.2) is 0 Å². The Kier molecular flexibility index (Phi) is 2.46. The summed E-state index contributed by atoms with van der Waals surface area (Å²) < 4.78 is -0.205. The van der Waals surface area contributed by atoms with Crippen LogP contribution in [0.3, 0.4) is 0 Å². The predicted molar refractivity (Wildman–Crippen MR) is 41.3 cm³/mol. The van der Waals surface area contributed by atoms with Crippen molar-refractivity contribution in [2.24, 2.45) is 5.73 Å². The molecular formula is C7H14N2O2. The van der Waals surface area contributed by atoms with E-state index in [1.807, 2.05) is 0 Å². The molecule has 1 aliphatic heterocycles. The number of nitrogens with two attached hydrogens (primary N) is 1. The third-order valence-electron chi connectivity index (χ3n) is 2.15. The molecule has 0 aliphatic carbocycles. The summed E-state index contributed by atoms with van der Waals surface area (Å²) in [6, 6.07) is 0. The Bertz CT molecular complexity index is 153. The first-order valence-electron chi connectivity index (χ1n) is 3.98. The van der Waals surface area contributed by atoms with Gasteiger partial charge in [-0.05, 0) is 0 Å². The summed E-state index contributed by atoms with van der Waals surface area (Å²) >= 11 is 0. The molecular weight excluding hydrogens is 144 g/mol. The first-order valence-corrected chi connectivity index (χ1v) is 3.98. The standard InChI is InChI=1S/C7H14N2O2/c8-7(10)3-6-9(11)4-1-2-5-9/h1-6H2,(H2,8,10). The molecule has 0 aromatic heterocycles. The zero-order valence-corrected chi connectivity index (χ0v) is 6.58. The smallest absolute Gasteiger partial charge is 0.223 e. The van der Waals surface area contributed by atoms with Gasteiger partial charge in [-0.2, -0.15) is 0 Å². The molecule has 4 nitrogen and oxygen atoms in total. The van der Waals surface area contributed by atoms with Gasteiger partial charge in [-0.1, -0.05) is 0 Å². The zero-order chi connectivity index (χ0) is 8.32. The highest BCUT2D eigenvalue weighted by molar-refractivity contribution is 5.73. The Morgan fingerprint density at radius 3 is 2.45 bits per heavy atom. The number of carbonyl (C=O) groups is 1. The number of hydrogen-bond acceptors (Lipinski definition) is 2. The molecule has 0 atom stereocenters. The number of amides is 1. The molecule has 0 aromatic rings. The monoisotopic (exact) mass is 158 g/mol. The normalized spacial score (nSPS) is 21.9. The van der Waals surface area contributed by atoms with Crippen LogP contribution in [-0.2, 0) is 4.79 Å². The van der Waals surface area contributed by atoms with E-state index in [0.29, 0.717) is 19.6 Å². The zero-order valence-electron chi connectivity index (χ0n) is 6.58. The molecule has 0 spiro atoms. The van der Waals surface area contributed by atoms with Crippen LogP contribution in [0.1, 0.15) is 19.3 Å². The molecule has 0 bridgehead atoms. The summed E-state index contributed by atoms with van der Waals surface area (Å²) in [5, 5.41) is 11.5. The van der Waals surface area contributed by atoms with E-state index in [9.17, 15) is 10.0 Å². The average Bonchev–Trinajstić information content (AvgIpc) is 2.33. The second-order valence-corrected chi connectivity index (χ2v) is 3.15. The van der Waals surface area contributed by atoms with E-state index >= 15 is 0 Å². The summed E-state index contributed by atoms with van der Waals surface area (Å²) in [4.78, 5) is 10.4. The maximum Gasteiger partial charge on any atom is 0.223 e. The number of hydroxylamine groups is 3. The molecule has 1 rings (SSSR count). The molecule has 0 aromatic carbocycles. The minimum atomic E-state index is -0.370. The second-order valence-electron chi connectivity index (χ2n) is 3.15. The number of rotatable bonds is 3. The van der Waals surface area contributed by atoms with Gasteiger partial charge < -0.3 is 15.6 Å². The van der Waals surface area contributed by atoms with Gasteiger partial charge in [-0.25, -0.2) is 0 Å². The van der Waals surface area contributed by atoms with Crippen LogP contribution in [0, 0.1) is 5.21 Å². The van der Waals surface area contributed by atoms with Crippen molar-refractivity contribution in [3.8, 4) is 0 Å². The first kappa shape index (κ1) is 8.49. The van der Waals surface area contributed by atoms with E-state index in [-0.39, 0.29) is 17.0 Å². The van der Waals surface area contributed by atoms with Crippen LogP contribution in [-0.4, -0.2) is 30.2 Å². The SMILES string of the molecule is NC(=O)CC[N+]1([O-])CCCC1. The van der Waals surface area contributed by atoms with Gasteiger partial charge in [-0.3, -0.25) is 4.79 Å². The van der Waals surface area contributed by atoms with E-state index < -0.39 is 0 Å². The minimum absolute atomic E-state index is 0.205. The number of hydrogen-bond donors (Lipinski definition) is 1. The van der Waals surface area contributed by atoms with Crippen LogP contribution in [0.2, 0.25) is 0 Å². The third kappa shape index (κ3) is 2.48. The van der Waals surface area contributed by atoms with E-state index in [1.165, 1.54) is 0 Å². The molecule has 0 radical (unpaired) electrons. The largest absolute Gasteiger partial charge is 0.633 e. The molecule has 1 fully saturated rings. The Morgan fingerprint density at radius 2 is 2.00 bits per heavy atom. The van der Waals surface area contributed by atoms with Gasteiger partial charge in [0.1, 0.15) is 0 Å². The fourth-order valence-corrected chi connectivity index (χ4v) is 1.45. The van der Waals surface area contributed by atoms with E-state index in [1.54, 1.807) is 0 Å². The van der Waals surface area contributed by atoms with Crippen molar-refractivity contribution in [3.63, 3.8) is 0 Å². The molecule has 1 heterocycles. The summed E-state index contributed by atoms with van der Waals surface area (Å²) in [7, 11) is 0.